The highest BCUT2D eigenvalue weighted by Crippen LogP contribution is 2.13. The molecule has 0 saturated heterocycles. The molecule has 19 heavy (non-hydrogen) atoms. The number of aromatic nitrogens is 1. The lowest BCUT2D eigenvalue weighted by Crippen LogP contribution is -2.23. The molecule has 1 heterocycles. The van der Waals surface area contributed by atoms with Gasteiger partial charge in [-0.3, -0.25) is 9.78 Å². The van der Waals surface area contributed by atoms with Crippen molar-refractivity contribution in [1.82, 2.24) is 10.3 Å². The van der Waals surface area contributed by atoms with E-state index < -0.39 is 0 Å². The van der Waals surface area contributed by atoms with Gasteiger partial charge in [0.1, 0.15) is 0 Å². The summed E-state index contributed by atoms with van der Waals surface area (Å²) in [6.45, 7) is 4.37. The Morgan fingerprint density at radius 1 is 1.26 bits per heavy atom. The molecule has 0 fully saturated rings. The van der Waals surface area contributed by atoms with Gasteiger partial charge in [0, 0.05) is 30.2 Å². The quantitative estimate of drug-likeness (QED) is 0.826. The van der Waals surface area contributed by atoms with Gasteiger partial charge in [0.25, 0.3) is 5.91 Å². The van der Waals surface area contributed by atoms with Gasteiger partial charge in [0.05, 0.1) is 0 Å². The topological polar surface area (TPSA) is 68.0 Å². The van der Waals surface area contributed by atoms with Crippen LogP contribution in [0.4, 0.5) is 5.69 Å². The number of benzene rings is 1. The van der Waals surface area contributed by atoms with Gasteiger partial charge in [-0.15, -0.1) is 0 Å². The molecular weight excluding hydrogens is 238 g/mol. The van der Waals surface area contributed by atoms with E-state index in [1.165, 1.54) is 0 Å². The number of nitrogen functional groups attached to an aromatic ring is 1. The maximum atomic E-state index is 12.0. The molecule has 0 atom stereocenters. The van der Waals surface area contributed by atoms with Gasteiger partial charge in [-0.05, 0) is 48.7 Å². The fraction of sp³-hybridized carbons (Fsp3) is 0.200. The van der Waals surface area contributed by atoms with Crippen molar-refractivity contribution in [2.24, 2.45) is 0 Å². The predicted octanol–water partition coefficient (Wildman–Crippen LogP) is 2.21. The molecule has 0 bridgehead atoms. The molecule has 1 amide bonds. The molecule has 1 aromatic heterocycles. The van der Waals surface area contributed by atoms with Crippen LogP contribution in [-0.2, 0) is 6.54 Å². The summed E-state index contributed by atoms with van der Waals surface area (Å²) in [6.07, 6.45) is 3.50. The third kappa shape index (κ3) is 3.10. The van der Waals surface area contributed by atoms with Crippen LogP contribution in [0.25, 0.3) is 0 Å². The minimum Gasteiger partial charge on any atom is -0.398 e. The summed E-state index contributed by atoms with van der Waals surface area (Å²) in [6, 6.07) is 7.23. The van der Waals surface area contributed by atoms with Gasteiger partial charge in [0.15, 0.2) is 0 Å². The monoisotopic (exact) mass is 255 g/mol. The largest absolute Gasteiger partial charge is 0.398 e. The van der Waals surface area contributed by atoms with E-state index in [1.54, 1.807) is 24.5 Å². The number of amides is 1. The summed E-state index contributed by atoms with van der Waals surface area (Å²) in [4.78, 5) is 16.0. The smallest absolute Gasteiger partial charge is 0.251 e. The van der Waals surface area contributed by atoms with Crippen LogP contribution in [0.1, 0.15) is 27.0 Å². The second-order valence-corrected chi connectivity index (χ2v) is 4.56. The number of carbonyl (C=O) groups is 1. The lowest BCUT2D eigenvalue weighted by Gasteiger charge is -2.08. The fourth-order valence-electron chi connectivity index (χ4n) is 1.76. The molecule has 0 radical (unpaired) electrons. The average molecular weight is 255 g/mol. The van der Waals surface area contributed by atoms with Gasteiger partial charge in [-0.2, -0.15) is 0 Å². The Kier molecular flexibility index (Phi) is 3.80. The van der Waals surface area contributed by atoms with Crippen LogP contribution >= 0.6 is 0 Å². The number of aryl methyl sites for hydroxylation is 2. The van der Waals surface area contributed by atoms with Crippen LogP contribution in [-0.4, -0.2) is 10.9 Å². The summed E-state index contributed by atoms with van der Waals surface area (Å²) in [5, 5.41) is 2.88. The van der Waals surface area contributed by atoms with Crippen molar-refractivity contribution in [3.8, 4) is 0 Å². The number of rotatable bonds is 3. The van der Waals surface area contributed by atoms with Crippen LogP contribution < -0.4 is 11.1 Å². The molecule has 0 unspecified atom stereocenters. The number of hydrogen-bond donors (Lipinski definition) is 2. The predicted molar refractivity (Wildman–Crippen MR) is 75.7 cm³/mol. The zero-order valence-electron chi connectivity index (χ0n) is 11.1. The van der Waals surface area contributed by atoms with Crippen molar-refractivity contribution in [3.05, 3.63) is 58.9 Å². The average Bonchev–Trinajstić information content (AvgIpc) is 2.40. The fourth-order valence-corrected chi connectivity index (χ4v) is 1.76. The number of nitrogens with two attached hydrogens (primary N) is 1. The van der Waals surface area contributed by atoms with E-state index in [0.29, 0.717) is 17.8 Å². The maximum absolute atomic E-state index is 12.0. The third-order valence-electron chi connectivity index (χ3n) is 3.12. The Morgan fingerprint density at radius 2 is 2.05 bits per heavy atom. The molecule has 98 valence electrons. The van der Waals surface area contributed by atoms with E-state index >= 15 is 0 Å². The van der Waals surface area contributed by atoms with Crippen LogP contribution in [0.5, 0.6) is 0 Å². The minimum atomic E-state index is -0.122. The molecule has 0 saturated carbocycles. The number of hydrogen-bond acceptors (Lipinski definition) is 3. The third-order valence-corrected chi connectivity index (χ3v) is 3.12. The number of carbonyl (C=O) groups excluding carboxylic acids is 1. The highest BCUT2D eigenvalue weighted by Gasteiger charge is 2.07. The molecule has 0 spiro atoms. The molecule has 4 nitrogen and oxygen atoms in total. The molecule has 3 N–H and O–H groups in total. The Hall–Kier alpha value is -2.36. The van der Waals surface area contributed by atoms with Crippen LogP contribution in [0.2, 0.25) is 0 Å². The number of nitrogens with zero attached hydrogens (tertiary/aromatic N) is 1. The molecule has 0 aliphatic rings. The van der Waals surface area contributed by atoms with Gasteiger partial charge in [-0.1, -0.05) is 6.07 Å². The molecule has 2 aromatic rings. The van der Waals surface area contributed by atoms with E-state index in [0.717, 1.165) is 16.7 Å². The standard InChI is InChI=1S/C15H17N3O/c1-10-3-4-12(7-14(10)16)15(19)18-9-13-5-6-17-8-11(13)2/h3-8H,9,16H2,1-2H3,(H,18,19). The van der Waals surface area contributed by atoms with Crippen molar-refractivity contribution in [3.63, 3.8) is 0 Å². The van der Waals surface area contributed by atoms with Gasteiger partial charge >= 0.3 is 0 Å². The second kappa shape index (κ2) is 5.52. The summed E-state index contributed by atoms with van der Waals surface area (Å²) >= 11 is 0. The van der Waals surface area contributed by atoms with E-state index in [-0.39, 0.29) is 5.91 Å². The zero-order chi connectivity index (χ0) is 13.8. The Labute approximate surface area is 112 Å². The van der Waals surface area contributed by atoms with Crippen LogP contribution in [0.15, 0.2) is 36.7 Å². The first-order chi connectivity index (χ1) is 9.08. The summed E-state index contributed by atoms with van der Waals surface area (Å²) < 4.78 is 0. The Morgan fingerprint density at radius 3 is 2.74 bits per heavy atom. The van der Waals surface area contributed by atoms with E-state index in [2.05, 4.69) is 10.3 Å². The first kappa shape index (κ1) is 13.1. The molecule has 4 heteroatoms. The molecule has 0 aliphatic heterocycles. The summed E-state index contributed by atoms with van der Waals surface area (Å²) in [5.41, 5.74) is 10.1. The Bertz CT molecular complexity index is 608. The number of anilines is 1. The first-order valence-corrected chi connectivity index (χ1v) is 6.12. The van der Waals surface area contributed by atoms with Gasteiger partial charge < -0.3 is 11.1 Å². The Balaban J connectivity index is 2.05. The maximum Gasteiger partial charge on any atom is 0.251 e. The SMILES string of the molecule is Cc1ccc(C(=O)NCc2ccncc2C)cc1N. The van der Waals surface area contributed by atoms with Crippen molar-refractivity contribution in [2.75, 3.05) is 5.73 Å². The van der Waals surface area contributed by atoms with Crippen molar-refractivity contribution >= 4 is 11.6 Å². The first-order valence-electron chi connectivity index (χ1n) is 6.12. The van der Waals surface area contributed by atoms with Crippen molar-refractivity contribution in [2.45, 2.75) is 20.4 Å². The molecule has 2 rings (SSSR count). The highest BCUT2D eigenvalue weighted by molar-refractivity contribution is 5.95. The van der Waals surface area contributed by atoms with Crippen molar-refractivity contribution in [1.29, 1.82) is 0 Å². The van der Waals surface area contributed by atoms with E-state index in [4.69, 9.17) is 5.73 Å². The lowest BCUT2D eigenvalue weighted by molar-refractivity contribution is 0.0951. The summed E-state index contributed by atoms with van der Waals surface area (Å²) in [7, 11) is 0. The van der Waals surface area contributed by atoms with Crippen LogP contribution in [0, 0.1) is 13.8 Å². The minimum absolute atomic E-state index is 0.122. The van der Waals surface area contributed by atoms with Crippen molar-refractivity contribution < 1.29 is 4.79 Å². The van der Waals surface area contributed by atoms with E-state index in [9.17, 15) is 4.79 Å². The highest BCUT2D eigenvalue weighted by atomic mass is 16.1. The lowest BCUT2D eigenvalue weighted by atomic mass is 10.1. The number of pyridine rings is 1. The molecule has 0 aliphatic carbocycles. The molecule has 1 aromatic carbocycles. The zero-order valence-corrected chi connectivity index (χ0v) is 11.1. The molecular formula is C15H17N3O. The van der Waals surface area contributed by atoms with Crippen LogP contribution in [0.3, 0.4) is 0 Å². The summed E-state index contributed by atoms with van der Waals surface area (Å²) in [5.74, 6) is -0.122. The van der Waals surface area contributed by atoms with Gasteiger partial charge in [0.2, 0.25) is 0 Å². The normalized spacial score (nSPS) is 10.2. The second-order valence-electron chi connectivity index (χ2n) is 4.56. The van der Waals surface area contributed by atoms with E-state index in [1.807, 2.05) is 26.0 Å². The van der Waals surface area contributed by atoms with Gasteiger partial charge in [-0.25, -0.2) is 0 Å². The number of nitrogens with one attached hydrogen (secondary N) is 1.